The minimum atomic E-state index is -0.163. The SMILES string of the molecule is CCCc1nnsc1C(N)c1cncc(C)c1. The van der Waals surface area contributed by atoms with E-state index >= 15 is 0 Å². The van der Waals surface area contributed by atoms with Gasteiger partial charge in [-0.05, 0) is 36.0 Å². The fourth-order valence-electron chi connectivity index (χ4n) is 1.76. The molecule has 0 bridgehead atoms. The smallest absolute Gasteiger partial charge is 0.0807 e. The predicted octanol–water partition coefficient (Wildman–Crippen LogP) is 2.24. The van der Waals surface area contributed by atoms with Gasteiger partial charge in [-0.3, -0.25) is 4.98 Å². The Morgan fingerprint density at radius 2 is 2.24 bits per heavy atom. The van der Waals surface area contributed by atoms with Gasteiger partial charge in [0.25, 0.3) is 0 Å². The molecule has 2 N–H and O–H groups in total. The summed E-state index contributed by atoms with van der Waals surface area (Å²) in [4.78, 5) is 5.23. The number of aromatic nitrogens is 3. The zero-order valence-electron chi connectivity index (χ0n) is 10.1. The van der Waals surface area contributed by atoms with E-state index in [0.29, 0.717) is 0 Å². The van der Waals surface area contributed by atoms with E-state index in [1.54, 1.807) is 0 Å². The zero-order chi connectivity index (χ0) is 12.3. The van der Waals surface area contributed by atoms with Crippen LogP contribution in [-0.2, 0) is 6.42 Å². The second kappa shape index (κ2) is 5.33. The van der Waals surface area contributed by atoms with Crippen LogP contribution in [0.1, 0.15) is 41.1 Å². The van der Waals surface area contributed by atoms with Crippen LogP contribution in [0.25, 0.3) is 0 Å². The molecule has 90 valence electrons. The third-order valence-corrected chi connectivity index (χ3v) is 3.46. The summed E-state index contributed by atoms with van der Waals surface area (Å²) in [6, 6.07) is 1.90. The van der Waals surface area contributed by atoms with E-state index in [1.807, 2.05) is 19.3 Å². The normalized spacial score (nSPS) is 12.6. The molecule has 2 rings (SSSR count). The van der Waals surface area contributed by atoms with Gasteiger partial charge in [0.05, 0.1) is 16.6 Å². The highest BCUT2D eigenvalue weighted by Crippen LogP contribution is 2.25. The molecule has 4 nitrogen and oxygen atoms in total. The van der Waals surface area contributed by atoms with Crippen LogP contribution in [0.2, 0.25) is 0 Å². The van der Waals surface area contributed by atoms with Gasteiger partial charge in [-0.1, -0.05) is 23.9 Å². The lowest BCUT2D eigenvalue weighted by Gasteiger charge is -2.11. The van der Waals surface area contributed by atoms with Gasteiger partial charge in [0.15, 0.2) is 0 Å². The van der Waals surface area contributed by atoms with Crippen molar-refractivity contribution >= 4 is 11.5 Å². The van der Waals surface area contributed by atoms with E-state index in [0.717, 1.165) is 34.5 Å². The Morgan fingerprint density at radius 3 is 2.94 bits per heavy atom. The van der Waals surface area contributed by atoms with Crippen LogP contribution in [0.15, 0.2) is 18.5 Å². The van der Waals surface area contributed by atoms with Crippen LogP contribution in [0, 0.1) is 6.92 Å². The Bertz CT molecular complexity index is 495. The standard InChI is InChI=1S/C12H16N4S/c1-3-4-10-12(17-16-15-10)11(13)9-5-8(2)6-14-7-9/h5-7,11H,3-4,13H2,1-2H3. The molecule has 0 radical (unpaired) electrons. The number of rotatable bonds is 4. The van der Waals surface area contributed by atoms with Crippen molar-refractivity contribution < 1.29 is 0 Å². The summed E-state index contributed by atoms with van der Waals surface area (Å²) in [5.74, 6) is 0. The lowest BCUT2D eigenvalue weighted by Crippen LogP contribution is -2.13. The summed E-state index contributed by atoms with van der Waals surface area (Å²) < 4.78 is 4.00. The fraction of sp³-hybridized carbons (Fsp3) is 0.417. The first-order valence-corrected chi connectivity index (χ1v) is 6.48. The van der Waals surface area contributed by atoms with Crippen LogP contribution in [0.4, 0.5) is 0 Å². The van der Waals surface area contributed by atoms with Gasteiger partial charge in [0.1, 0.15) is 0 Å². The number of hydrogen-bond acceptors (Lipinski definition) is 5. The minimum Gasteiger partial charge on any atom is -0.319 e. The Hall–Kier alpha value is -1.33. The zero-order valence-corrected chi connectivity index (χ0v) is 10.9. The van der Waals surface area contributed by atoms with Crippen molar-refractivity contribution in [2.24, 2.45) is 5.73 Å². The molecular formula is C12H16N4S. The maximum absolute atomic E-state index is 6.25. The van der Waals surface area contributed by atoms with E-state index in [-0.39, 0.29) is 6.04 Å². The number of nitrogens with zero attached hydrogens (tertiary/aromatic N) is 3. The van der Waals surface area contributed by atoms with Gasteiger partial charge in [-0.15, -0.1) is 5.10 Å². The van der Waals surface area contributed by atoms with Gasteiger partial charge >= 0.3 is 0 Å². The van der Waals surface area contributed by atoms with Crippen LogP contribution in [-0.4, -0.2) is 14.6 Å². The lowest BCUT2D eigenvalue weighted by atomic mass is 10.0. The van der Waals surface area contributed by atoms with Gasteiger partial charge in [0.2, 0.25) is 0 Å². The minimum absolute atomic E-state index is 0.163. The van der Waals surface area contributed by atoms with Crippen LogP contribution in [0.3, 0.4) is 0 Å². The van der Waals surface area contributed by atoms with Crippen molar-refractivity contribution in [2.75, 3.05) is 0 Å². The lowest BCUT2D eigenvalue weighted by molar-refractivity contribution is 0.810. The van der Waals surface area contributed by atoms with Gasteiger partial charge < -0.3 is 5.73 Å². The maximum Gasteiger partial charge on any atom is 0.0807 e. The number of aryl methyl sites for hydroxylation is 2. The Kier molecular flexibility index (Phi) is 3.81. The average molecular weight is 248 g/mol. The van der Waals surface area contributed by atoms with Crippen molar-refractivity contribution in [3.8, 4) is 0 Å². The second-order valence-corrected chi connectivity index (χ2v) is 4.89. The van der Waals surface area contributed by atoms with E-state index < -0.39 is 0 Å². The van der Waals surface area contributed by atoms with Gasteiger partial charge in [0, 0.05) is 12.4 Å². The van der Waals surface area contributed by atoms with Crippen LogP contribution < -0.4 is 5.73 Å². The van der Waals surface area contributed by atoms with E-state index in [4.69, 9.17) is 5.73 Å². The molecule has 0 aliphatic carbocycles. The van der Waals surface area contributed by atoms with Gasteiger partial charge in [-0.2, -0.15) is 0 Å². The average Bonchev–Trinajstić information content (AvgIpc) is 2.77. The topological polar surface area (TPSA) is 64.7 Å². The molecule has 0 aromatic carbocycles. The highest BCUT2D eigenvalue weighted by Gasteiger charge is 2.17. The molecule has 0 fully saturated rings. The molecule has 2 aromatic rings. The van der Waals surface area contributed by atoms with E-state index in [2.05, 4.69) is 27.6 Å². The number of pyridine rings is 1. The summed E-state index contributed by atoms with van der Waals surface area (Å²) in [6.45, 7) is 4.14. The van der Waals surface area contributed by atoms with E-state index in [1.165, 1.54) is 11.5 Å². The van der Waals surface area contributed by atoms with E-state index in [9.17, 15) is 0 Å². The highest BCUT2D eigenvalue weighted by atomic mass is 32.1. The molecule has 0 saturated carbocycles. The number of hydrogen-bond donors (Lipinski definition) is 1. The van der Waals surface area contributed by atoms with Crippen molar-refractivity contribution in [1.29, 1.82) is 0 Å². The summed E-state index contributed by atoms with van der Waals surface area (Å²) in [7, 11) is 0. The molecule has 0 aliphatic rings. The van der Waals surface area contributed by atoms with Gasteiger partial charge in [-0.25, -0.2) is 0 Å². The largest absolute Gasteiger partial charge is 0.319 e. The first-order valence-electron chi connectivity index (χ1n) is 5.70. The van der Waals surface area contributed by atoms with Crippen molar-refractivity contribution in [3.05, 3.63) is 40.2 Å². The number of nitrogens with two attached hydrogens (primary N) is 1. The monoisotopic (exact) mass is 248 g/mol. The fourth-order valence-corrected chi connectivity index (χ4v) is 2.49. The molecule has 2 aromatic heterocycles. The molecule has 0 spiro atoms. The van der Waals surface area contributed by atoms with Crippen molar-refractivity contribution in [2.45, 2.75) is 32.7 Å². The predicted molar refractivity (Wildman–Crippen MR) is 68.9 cm³/mol. The summed E-state index contributed by atoms with van der Waals surface area (Å²) >= 11 is 1.38. The Labute approximate surface area is 105 Å². The van der Waals surface area contributed by atoms with Crippen LogP contribution >= 0.6 is 11.5 Å². The van der Waals surface area contributed by atoms with Crippen molar-refractivity contribution in [3.63, 3.8) is 0 Å². The van der Waals surface area contributed by atoms with Crippen LogP contribution in [0.5, 0.6) is 0 Å². The first-order chi connectivity index (χ1) is 8.22. The highest BCUT2D eigenvalue weighted by molar-refractivity contribution is 7.05. The molecule has 1 atom stereocenters. The summed E-state index contributed by atoms with van der Waals surface area (Å²) in [5, 5.41) is 4.14. The quantitative estimate of drug-likeness (QED) is 0.901. The molecule has 5 heteroatoms. The summed E-state index contributed by atoms with van der Waals surface area (Å²) in [5.41, 5.74) is 9.41. The first kappa shape index (κ1) is 12.1. The molecule has 2 heterocycles. The molecule has 0 amide bonds. The molecular weight excluding hydrogens is 232 g/mol. The Balaban J connectivity index is 2.30. The molecule has 17 heavy (non-hydrogen) atoms. The Morgan fingerprint density at radius 1 is 1.41 bits per heavy atom. The second-order valence-electron chi connectivity index (χ2n) is 4.11. The summed E-state index contributed by atoms with van der Waals surface area (Å²) in [6.07, 6.45) is 5.62. The molecule has 0 aliphatic heterocycles. The van der Waals surface area contributed by atoms with Crippen molar-refractivity contribution in [1.82, 2.24) is 14.6 Å². The third-order valence-electron chi connectivity index (χ3n) is 2.61. The third kappa shape index (κ3) is 2.68. The molecule has 1 unspecified atom stereocenters. The molecule has 0 saturated heterocycles. The maximum atomic E-state index is 6.25.